The molecule has 1 aromatic carbocycles. The van der Waals surface area contributed by atoms with Crippen LogP contribution < -0.4 is 0 Å². The molecule has 1 atom stereocenters. The van der Waals surface area contributed by atoms with Crippen molar-refractivity contribution in [1.82, 2.24) is 4.90 Å². The second-order valence-corrected chi connectivity index (χ2v) is 5.12. The summed E-state index contributed by atoms with van der Waals surface area (Å²) in [6.45, 7) is 4.00. The number of hydrogen-bond donors (Lipinski definition) is 0. The molecule has 0 saturated carbocycles. The number of likely N-dealkylation sites (tertiary alicyclic amines) is 1. The topological polar surface area (TPSA) is 29.5 Å². The maximum absolute atomic E-state index is 13.8. The fourth-order valence-electron chi connectivity index (χ4n) is 2.56. The molecule has 1 unspecified atom stereocenters. The molecular formula is C15H20FNO2. The first kappa shape index (κ1) is 14.0. The van der Waals surface area contributed by atoms with Gasteiger partial charge in [0, 0.05) is 12.6 Å². The van der Waals surface area contributed by atoms with Gasteiger partial charge in [0.05, 0.1) is 12.7 Å². The van der Waals surface area contributed by atoms with Crippen LogP contribution in [0, 0.1) is 5.82 Å². The third-order valence-electron chi connectivity index (χ3n) is 3.77. The van der Waals surface area contributed by atoms with Gasteiger partial charge in [-0.25, -0.2) is 9.18 Å². The Morgan fingerprint density at radius 3 is 2.89 bits per heavy atom. The van der Waals surface area contributed by atoms with Gasteiger partial charge in [-0.15, -0.1) is 0 Å². The van der Waals surface area contributed by atoms with E-state index in [2.05, 4.69) is 16.6 Å². The molecule has 2 rings (SSSR count). The molecule has 1 aromatic rings. The summed E-state index contributed by atoms with van der Waals surface area (Å²) in [7, 11) is 1.26. The molecule has 1 aliphatic rings. The molecule has 0 N–H and O–H groups in total. The van der Waals surface area contributed by atoms with Gasteiger partial charge in [-0.1, -0.05) is 12.5 Å². The molecule has 3 nitrogen and oxygen atoms in total. The summed E-state index contributed by atoms with van der Waals surface area (Å²) in [4.78, 5) is 13.7. The van der Waals surface area contributed by atoms with E-state index >= 15 is 0 Å². The van der Waals surface area contributed by atoms with E-state index in [1.807, 2.05) is 0 Å². The maximum Gasteiger partial charge on any atom is 0.340 e. The zero-order valence-corrected chi connectivity index (χ0v) is 11.5. The van der Waals surface area contributed by atoms with E-state index in [1.165, 1.54) is 38.5 Å². The monoisotopic (exact) mass is 265 g/mol. The van der Waals surface area contributed by atoms with Gasteiger partial charge in [0.15, 0.2) is 0 Å². The quantitative estimate of drug-likeness (QED) is 0.787. The number of hydrogen-bond acceptors (Lipinski definition) is 3. The molecule has 4 heteroatoms. The average molecular weight is 265 g/mol. The number of carbonyl (C=O) groups is 1. The first-order chi connectivity index (χ1) is 9.11. The number of piperidine rings is 1. The fraction of sp³-hybridized carbons (Fsp3) is 0.533. The van der Waals surface area contributed by atoms with Crippen LogP contribution >= 0.6 is 0 Å². The molecule has 0 spiro atoms. The summed E-state index contributed by atoms with van der Waals surface area (Å²) >= 11 is 0. The zero-order chi connectivity index (χ0) is 13.8. The first-order valence-corrected chi connectivity index (χ1v) is 6.72. The summed E-state index contributed by atoms with van der Waals surface area (Å²) in [5, 5.41) is 0. The Labute approximate surface area is 113 Å². The molecule has 0 aliphatic carbocycles. The number of benzene rings is 1. The lowest BCUT2D eigenvalue weighted by Gasteiger charge is -2.33. The largest absolute Gasteiger partial charge is 0.465 e. The standard InChI is InChI=1S/C15H20FNO2/c1-11-5-3-4-8-17(11)10-12-6-7-13(14(16)9-12)15(18)19-2/h6-7,9,11H,3-5,8,10H2,1-2H3. The Kier molecular flexibility index (Phi) is 4.53. The van der Waals surface area contributed by atoms with Gasteiger partial charge in [0.25, 0.3) is 0 Å². The predicted octanol–water partition coefficient (Wildman–Crippen LogP) is 2.99. The summed E-state index contributed by atoms with van der Waals surface area (Å²) in [5.41, 5.74) is 0.900. The number of carbonyl (C=O) groups excluding carboxylic acids is 1. The highest BCUT2D eigenvalue weighted by atomic mass is 19.1. The Hall–Kier alpha value is -1.42. The zero-order valence-electron chi connectivity index (χ0n) is 11.5. The van der Waals surface area contributed by atoms with Gasteiger partial charge >= 0.3 is 5.97 Å². The van der Waals surface area contributed by atoms with Crippen LogP contribution in [0.3, 0.4) is 0 Å². The van der Waals surface area contributed by atoms with E-state index in [-0.39, 0.29) is 5.56 Å². The minimum Gasteiger partial charge on any atom is -0.465 e. The van der Waals surface area contributed by atoms with Crippen LogP contribution in [0.4, 0.5) is 4.39 Å². The van der Waals surface area contributed by atoms with Crippen LogP contribution in [0.25, 0.3) is 0 Å². The number of nitrogens with zero attached hydrogens (tertiary/aromatic N) is 1. The van der Waals surface area contributed by atoms with Crippen molar-refractivity contribution in [3.8, 4) is 0 Å². The number of rotatable bonds is 3. The summed E-state index contributed by atoms with van der Waals surface area (Å²) in [5.74, 6) is -1.13. The molecule has 1 saturated heterocycles. The second kappa shape index (κ2) is 6.15. The van der Waals surface area contributed by atoms with Crippen molar-refractivity contribution in [2.45, 2.75) is 38.8 Å². The van der Waals surface area contributed by atoms with Crippen molar-refractivity contribution in [1.29, 1.82) is 0 Å². The molecule has 0 radical (unpaired) electrons. The third kappa shape index (κ3) is 3.32. The Morgan fingerprint density at radius 1 is 1.47 bits per heavy atom. The molecule has 0 aromatic heterocycles. The number of ether oxygens (including phenoxy) is 1. The molecule has 1 aliphatic heterocycles. The predicted molar refractivity (Wildman–Crippen MR) is 71.5 cm³/mol. The molecule has 104 valence electrons. The van der Waals surface area contributed by atoms with Crippen molar-refractivity contribution in [2.24, 2.45) is 0 Å². The molecule has 0 amide bonds. The highest BCUT2D eigenvalue weighted by molar-refractivity contribution is 5.89. The van der Waals surface area contributed by atoms with Crippen LogP contribution in [0.2, 0.25) is 0 Å². The van der Waals surface area contributed by atoms with Crippen molar-refractivity contribution in [3.63, 3.8) is 0 Å². The van der Waals surface area contributed by atoms with Gasteiger partial charge < -0.3 is 4.74 Å². The molecule has 1 fully saturated rings. The second-order valence-electron chi connectivity index (χ2n) is 5.12. The van der Waals surface area contributed by atoms with E-state index in [0.717, 1.165) is 18.7 Å². The van der Waals surface area contributed by atoms with Crippen LogP contribution in [0.15, 0.2) is 18.2 Å². The van der Waals surface area contributed by atoms with Gasteiger partial charge in [-0.2, -0.15) is 0 Å². The van der Waals surface area contributed by atoms with Gasteiger partial charge in [0.1, 0.15) is 5.82 Å². The minimum atomic E-state index is -0.629. The number of halogens is 1. The van der Waals surface area contributed by atoms with E-state index in [9.17, 15) is 9.18 Å². The van der Waals surface area contributed by atoms with Crippen molar-refractivity contribution in [3.05, 3.63) is 35.1 Å². The Balaban J connectivity index is 2.09. The maximum atomic E-state index is 13.8. The lowest BCUT2D eigenvalue weighted by Crippen LogP contribution is -2.36. The van der Waals surface area contributed by atoms with E-state index < -0.39 is 11.8 Å². The minimum absolute atomic E-state index is 0.00190. The molecule has 0 bridgehead atoms. The van der Waals surface area contributed by atoms with Gasteiger partial charge in [-0.3, -0.25) is 4.90 Å². The average Bonchev–Trinajstić information content (AvgIpc) is 2.41. The van der Waals surface area contributed by atoms with Crippen LogP contribution in [0.5, 0.6) is 0 Å². The van der Waals surface area contributed by atoms with Crippen molar-refractivity contribution in [2.75, 3.05) is 13.7 Å². The highest BCUT2D eigenvalue weighted by Gasteiger charge is 2.19. The van der Waals surface area contributed by atoms with Gasteiger partial charge in [0.2, 0.25) is 0 Å². The van der Waals surface area contributed by atoms with E-state index in [4.69, 9.17) is 0 Å². The Morgan fingerprint density at radius 2 is 2.26 bits per heavy atom. The Bertz CT molecular complexity index is 461. The summed E-state index contributed by atoms with van der Waals surface area (Å²) in [6.07, 6.45) is 3.67. The molecule has 19 heavy (non-hydrogen) atoms. The fourth-order valence-corrected chi connectivity index (χ4v) is 2.56. The number of methoxy groups -OCH3 is 1. The van der Waals surface area contributed by atoms with E-state index in [0.29, 0.717) is 6.04 Å². The summed E-state index contributed by atoms with van der Waals surface area (Å²) < 4.78 is 18.4. The summed E-state index contributed by atoms with van der Waals surface area (Å²) in [6, 6.07) is 5.28. The molecule has 1 heterocycles. The van der Waals surface area contributed by atoms with Gasteiger partial charge in [-0.05, 0) is 44.0 Å². The van der Waals surface area contributed by atoms with Crippen LogP contribution in [0.1, 0.15) is 42.1 Å². The van der Waals surface area contributed by atoms with Crippen molar-refractivity contribution >= 4 is 5.97 Å². The molecular weight excluding hydrogens is 245 g/mol. The smallest absolute Gasteiger partial charge is 0.340 e. The third-order valence-corrected chi connectivity index (χ3v) is 3.77. The van der Waals surface area contributed by atoms with Crippen LogP contribution in [-0.4, -0.2) is 30.6 Å². The lowest BCUT2D eigenvalue weighted by molar-refractivity contribution is 0.0595. The first-order valence-electron chi connectivity index (χ1n) is 6.72. The lowest BCUT2D eigenvalue weighted by atomic mass is 10.0. The highest BCUT2D eigenvalue weighted by Crippen LogP contribution is 2.20. The normalized spacial score (nSPS) is 20.3. The SMILES string of the molecule is COC(=O)c1ccc(CN2CCCCC2C)cc1F. The number of esters is 1. The van der Waals surface area contributed by atoms with Crippen molar-refractivity contribution < 1.29 is 13.9 Å². The van der Waals surface area contributed by atoms with Crippen LogP contribution in [-0.2, 0) is 11.3 Å². The van der Waals surface area contributed by atoms with E-state index in [1.54, 1.807) is 6.07 Å².